The molecular formula is C16H11N5S2. The van der Waals surface area contributed by atoms with Crippen molar-refractivity contribution in [1.29, 1.82) is 0 Å². The van der Waals surface area contributed by atoms with Crippen LogP contribution in [0.3, 0.4) is 0 Å². The highest BCUT2D eigenvalue weighted by molar-refractivity contribution is 7.20. The molecule has 3 heterocycles. The van der Waals surface area contributed by atoms with Crippen LogP contribution in [0, 0.1) is 0 Å². The number of fused-ring (bicyclic) bond motifs is 1. The first-order valence-electron chi connectivity index (χ1n) is 6.86. The Bertz CT molecular complexity index is 955. The lowest BCUT2D eigenvalue weighted by atomic mass is 10.2. The molecule has 0 saturated heterocycles. The van der Waals surface area contributed by atoms with Gasteiger partial charge in [-0.2, -0.15) is 4.99 Å². The second kappa shape index (κ2) is 5.86. The van der Waals surface area contributed by atoms with Crippen LogP contribution in [0.2, 0.25) is 0 Å². The van der Waals surface area contributed by atoms with Crippen LogP contribution in [-0.2, 0) is 0 Å². The van der Waals surface area contributed by atoms with Crippen molar-refractivity contribution < 1.29 is 0 Å². The summed E-state index contributed by atoms with van der Waals surface area (Å²) >= 11 is 2.88. The molecule has 0 radical (unpaired) electrons. The fourth-order valence-corrected chi connectivity index (χ4v) is 3.60. The van der Waals surface area contributed by atoms with Crippen LogP contribution < -0.4 is 5.73 Å². The number of aromatic nitrogens is 3. The van der Waals surface area contributed by atoms with Crippen molar-refractivity contribution in [2.24, 2.45) is 10.7 Å². The van der Waals surface area contributed by atoms with Crippen LogP contribution in [0.25, 0.3) is 21.6 Å². The lowest BCUT2D eigenvalue weighted by Crippen LogP contribution is -2.12. The average molecular weight is 337 g/mol. The lowest BCUT2D eigenvalue weighted by Gasteiger charge is -1.94. The van der Waals surface area contributed by atoms with Crippen molar-refractivity contribution in [2.75, 3.05) is 0 Å². The molecule has 5 nitrogen and oxygen atoms in total. The van der Waals surface area contributed by atoms with Gasteiger partial charge in [0.15, 0.2) is 10.8 Å². The molecule has 0 aliphatic carbocycles. The van der Waals surface area contributed by atoms with Crippen LogP contribution >= 0.6 is 22.7 Å². The zero-order valence-corrected chi connectivity index (χ0v) is 13.5. The van der Waals surface area contributed by atoms with Crippen molar-refractivity contribution in [3.8, 4) is 11.3 Å². The van der Waals surface area contributed by atoms with E-state index in [1.807, 2.05) is 47.8 Å². The molecule has 7 heteroatoms. The number of hydrogen-bond acceptors (Lipinski definition) is 6. The molecule has 0 aliphatic heterocycles. The molecule has 1 aromatic carbocycles. The van der Waals surface area contributed by atoms with E-state index in [0.717, 1.165) is 21.6 Å². The summed E-state index contributed by atoms with van der Waals surface area (Å²) in [6, 6.07) is 13.8. The fraction of sp³-hybridized carbons (Fsp3) is 0. The first-order chi connectivity index (χ1) is 11.3. The van der Waals surface area contributed by atoms with Gasteiger partial charge in [0.25, 0.3) is 0 Å². The van der Waals surface area contributed by atoms with Gasteiger partial charge in [0, 0.05) is 17.1 Å². The van der Waals surface area contributed by atoms with Crippen LogP contribution in [0.1, 0.15) is 5.01 Å². The number of thiazole rings is 2. The van der Waals surface area contributed by atoms with E-state index in [4.69, 9.17) is 5.73 Å². The fourth-order valence-electron chi connectivity index (χ4n) is 2.09. The van der Waals surface area contributed by atoms with Gasteiger partial charge in [0.2, 0.25) is 5.13 Å². The summed E-state index contributed by atoms with van der Waals surface area (Å²) in [4.78, 5) is 18.5. The van der Waals surface area contributed by atoms with Gasteiger partial charge in [0.05, 0.1) is 5.69 Å². The Hall–Kier alpha value is -2.64. The Morgan fingerprint density at radius 3 is 2.74 bits per heavy atom. The average Bonchev–Trinajstić information content (AvgIpc) is 3.22. The normalized spacial score (nSPS) is 11.9. The minimum atomic E-state index is 0.363. The molecule has 23 heavy (non-hydrogen) atoms. The van der Waals surface area contributed by atoms with Gasteiger partial charge >= 0.3 is 0 Å². The maximum Gasteiger partial charge on any atom is 0.211 e. The van der Waals surface area contributed by atoms with Crippen LogP contribution in [0.5, 0.6) is 0 Å². The molecule has 2 N–H and O–H groups in total. The van der Waals surface area contributed by atoms with Crippen LogP contribution in [0.4, 0.5) is 5.13 Å². The number of nitrogens with two attached hydrogens (primary N) is 1. The van der Waals surface area contributed by atoms with E-state index in [-0.39, 0.29) is 0 Å². The maximum absolute atomic E-state index is 6.08. The van der Waals surface area contributed by atoms with Gasteiger partial charge in [-0.25, -0.2) is 15.0 Å². The molecule has 0 aliphatic rings. The van der Waals surface area contributed by atoms with Crippen LogP contribution in [0.15, 0.2) is 59.0 Å². The molecular weight excluding hydrogens is 326 g/mol. The molecule has 4 aromatic rings. The van der Waals surface area contributed by atoms with E-state index >= 15 is 0 Å². The number of rotatable bonds is 3. The van der Waals surface area contributed by atoms with Gasteiger partial charge < -0.3 is 5.73 Å². The summed E-state index contributed by atoms with van der Waals surface area (Å²) in [7, 11) is 0. The Morgan fingerprint density at radius 2 is 1.91 bits per heavy atom. The zero-order valence-electron chi connectivity index (χ0n) is 11.9. The van der Waals surface area contributed by atoms with Crippen molar-refractivity contribution in [3.63, 3.8) is 0 Å². The number of hydrogen-bond donors (Lipinski definition) is 1. The second-order valence-electron chi connectivity index (χ2n) is 4.73. The van der Waals surface area contributed by atoms with Crippen molar-refractivity contribution in [2.45, 2.75) is 0 Å². The summed E-state index contributed by atoms with van der Waals surface area (Å²) in [6.07, 6.45) is 1.74. The van der Waals surface area contributed by atoms with Gasteiger partial charge in [-0.3, -0.25) is 0 Å². The van der Waals surface area contributed by atoms with E-state index in [0.29, 0.717) is 16.0 Å². The van der Waals surface area contributed by atoms with E-state index in [1.54, 1.807) is 6.20 Å². The standard InChI is InChI=1S/C16H11N5S2/c17-13(15-19-11-7-4-8-18-14(11)23-15)21-16-20-12(9-22-16)10-5-2-1-3-6-10/h1-9H,(H2,17,20,21). The number of aliphatic imine (C=N–C) groups is 1. The van der Waals surface area contributed by atoms with Gasteiger partial charge in [-0.15, -0.1) is 11.3 Å². The van der Waals surface area contributed by atoms with Gasteiger partial charge in [-0.05, 0) is 12.1 Å². The van der Waals surface area contributed by atoms with E-state index in [9.17, 15) is 0 Å². The molecule has 112 valence electrons. The van der Waals surface area contributed by atoms with Gasteiger partial charge in [-0.1, -0.05) is 41.7 Å². The Morgan fingerprint density at radius 1 is 1.04 bits per heavy atom. The third-order valence-corrected chi connectivity index (χ3v) is 4.90. The smallest absolute Gasteiger partial charge is 0.211 e. The summed E-state index contributed by atoms with van der Waals surface area (Å²) in [5.41, 5.74) is 8.86. The number of benzene rings is 1. The van der Waals surface area contributed by atoms with Crippen molar-refractivity contribution in [3.05, 3.63) is 59.0 Å². The quantitative estimate of drug-likeness (QED) is 0.455. The predicted molar refractivity (Wildman–Crippen MR) is 95.3 cm³/mol. The number of nitrogens with zero attached hydrogens (tertiary/aromatic N) is 4. The molecule has 4 rings (SSSR count). The molecule has 0 bridgehead atoms. The zero-order chi connectivity index (χ0) is 15.6. The van der Waals surface area contributed by atoms with E-state index in [2.05, 4.69) is 19.9 Å². The summed E-state index contributed by atoms with van der Waals surface area (Å²) in [5.74, 6) is 0.363. The molecule has 0 unspecified atom stereocenters. The third-order valence-electron chi connectivity index (χ3n) is 3.16. The molecule has 0 atom stereocenters. The second-order valence-corrected chi connectivity index (χ2v) is 6.54. The Kier molecular flexibility index (Phi) is 3.57. The third kappa shape index (κ3) is 2.84. The first kappa shape index (κ1) is 14.0. The van der Waals surface area contributed by atoms with Crippen molar-refractivity contribution in [1.82, 2.24) is 15.0 Å². The summed E-state index contributed by atoms with van der Waals surface area (Å²) < 4.78 is 0. The monoisotopic (exact) mass is 337 g/mol. The topological polar surface area (TPSA) is 77.0 Å². The molecule has 3 aromatic heterocycles. The molecule has 0 spiro atoms. The lowest BCUT2D eigenvalue weighted by molar-refractivity contribution is 1.33. The minimum absolute atomic E-state index is 0.363. The minimum Gasteiger partial charge on any atom is -0.381 e. The Balaban J connectivity index is 1.66. The molecule has 0 fully saturated rings. The summed E-state index contributed by atoms with van der Waals surface area (Å²) in [6.45, 7) is 0. The SMILES string of the molecule is N/C(=N\c1nc(-c2ccccc2)cs1)c1nc2cccnc2s1. The highest BCUT2D eigenvalue weighted by Gasteiger charge is 2.09. The largest absolute Gasteiger partial charge is 0.381 e. The van der Waals surface area contributed by atoms with Gasteiger partial charge in [0.1, 0.15) is 10.3 Å². The highest BCUT2D eigenvalue weighted by Crippen LogP contribution is 2.27. The van der Waals surface area contributed by atoms with E-state index in [1.165, 1.54) is 22.7 Å². The highest BCUT2D eigenvalue weighted by atomic mass is 32.1. The Labute approximate surface area is 140 Å². The molecule has 0 saturated carbocycles. The number of pyridine rings is 1. The number of amidine groups is 1. The van der Waals surface area contributed by atoms with E-state index < -0.39 is 0 Å². The molecule has 0 amide bonds. The maximum atomic E-state index is 6.08. The predicted octanol–water partition coefficient (Wildman–Crippen LogP) is 3.85. The summed E-state index contributed by atoms with van der Waals surface area (Å²) in [5, 5.41) is 3.25. The first-order valence-corrected chi connectivity index (χ1v) is 8.56. The van der Waals surface area contributed by atoms with Crippen molar-refractivity contribution >= 4 is 44.0 Å². The van der Waals surface area contributed by atoms with Crippen LogP contribution in [-0.4, -0.2) is 20.8 Å².